The number of nitrogens with two attached hydrogens (primary N) is 1. The predicted octanol–water partition coefficient (Wildman–Crippen LogP) is 2.31. The number of nitrogens with one attached hydrogen (secondary N) is 1. The molecule has 0 fully saturated rings. The van der Waals surface area contributed by atoms with Gasteiger partial charge < -0.3 is 19.9 Å². The molecule has 11 heteroatoms. The summed E-state index contributed by atoms with van der Waals surface area (Å²) in [6, 6.07) is 9.24. The summed E-state index contributed by atoms with van der Waals surface area (Å²) in [5.41, 5.74) is 9.88. The first-order valence-corrected chi connectivity index (χ1v) is 11.5. The highest BCUT2D eigenvalue weighted by atomic mass is 32.2. The SMILES string of the molecule is CCOC(=O)C1=C(SC)S[C@H](/C(C(=O)OCC)=C2/NN=C(c3ccccc3)O2)N=C1N. The van der Waals surface area contributed by atoms with Crippen molar-refractivity contribution in [2.24, 2.45) is 15.8 Å². The van der Waals surface area contributed by atoms with Crippen molar-refractivity contribution in [1.82, 2.24) is 5.43 Å². The molecule has 0 saturated heterocycles. The lowest BCUT2D eigenvalue weighted by Gasteiger charge is -2.23. The molecule has 31 heavy (non-hydrogen) atoms. The molecule has 0 radical (unpaired) electrons. The van der Waals surface area contributed by atoms with Crippen LogP contribution in [0.5, 0.6) is 0 Å². The van der Waals surface area contributed by atoms with Crippen LogP contribution in [0.15, 0.2) is 61.7 Å². The van der Waals surface area contributed by atoms with Crippen LogP contribution in [0.4, 0.5) is 0 Å². The number of hydrogen-bond donors (Lipinski definition) is 2. The molecule has 1 atom stereocenters. The number of carbonyl (C=O) groups is 2. The molecule has 0 aromatic heterocycles. The molecule has 2 heterocycles. The van der Waals surface area contributed by atoms with Crippen LogP contribution in [0, 0.1) is 0 Å². The summed E-state index contributed by atoms with van der Waals surface area (Å²) in [4.78, 5) is 29.5. The maximum atomic E-state index is 12.8. The van der Waals surface area contributed by atoms with Crippen LogP contribution in [-0.2, 0) is 23.8 Å². The van der Waals surface area contributed by atoms with Crippen LogP contribution < -0.4 is 11.2 Å². The number of carbonyl (C=O) groups excluding carboxylic acids is 2. The first kappa shape index (κ1) is 22.8. The normalized spacial score (nSPS) is 19.6. The van der Waals surface area contributed by atoms with Gasteiger partial charge in [-0.3, -0.25) is 0 Å². The van der Waals surface area contributed by atoms with Crippen molar-refractivity contribution in [2.75, 3.05) is 19.5 Å². The first-order chi connectivity index (χ1) is 15.0. The number of hydrazone groups is 1. The molecule has 0 unspecified atom stereocenters. The van der Waals surface area contributed by atoms with E-state index in [0.717, 1.165) is 5.56 Å². The van der Waals surface area contributed by atoms with Gasteiger partial charge in [-0.25, -0.2) is 20.0 Å². The molecule has 2 aliphatic heterocycles. The van der Waals surface area contributed by atoms with Gasteiger partial charge in [0.15, 0.2) is 0 Å². The Labute approximate surface area is 188 Å². The zero-order valence-electron chi connectivity index (χ0n) is 17.2. The smallest absolute Gasteiger partial charge is 0.343 e. The lowest BCUT2D eigenvalue weighted by molar-refractivity contribution is -0.139. The van der Waals surface area contributed by atoms with Crippen LogP contribution in [0.1, 0.15) is 19.4 Å². The molecule has 164 valence electrons. The van der Waals surface area contributed by atoms with Gasteiger partial charge in [0.25, 0.3) is 0 Å². The minimum atomic E-state index is -0.799. The fraction of sp³-hybridized carbons (Fsp3) is 0.300. The van der Waals surface area contributed by atoms with Crippen LogP contribution in [-0.4, -0.2) is 48.5 Å². The number of rotatable bonds is 7. The molecule has 0 amide bonds. The van der Waals surface area contributed by atoms with Gasteiger partial charge in [0.2, 0.25) is 11.8 Å². The number of thioether (sulfide) groups is 2. The highest BCUT2D eigenvalue weighted by Crippen LogP contribution is 2.41. The van der Waals surface area contributed by atoms with E-state index in [9.17, 15) is 9.59 Å². The molecule has 9 nitrogen and oxygen atoms in total. The van der Waals surface area contributed by atoms with E-state index in [4.69, 9.17) is 19.9 Å². The van der Waals surface area contributed by atoms with Gasteiger partial charge in [0.1, 0.15) is 22.4 Å². The third kappa shape index (κ3) is 5.05. The molecule has 0 saturated carbocycles. The van der Waals surface area contributed by atoms with Crippen LogP contribution in [0.2, 0.25) is 0 Å². The average molecular weight is 463 g/mol. The Morgan fingerprint density at radius 1 is 1.23 bits per heavy atom. The third-order valence-corrected chi connectivity index (χ3v) is 6.41. The summed E-state index contributed by atoms with van der Waals surface area (Å²) < 4.78 is 16.7. The van der Waals surface area contributed by atoms with Gasteiger partial charge in [0, 0.05) is 5.56 Å². The largest absolute Gasteiger partial charge is 0.462 e. The highest BCUT2D eigenvalue weighted by Gasteiger charge is 2.37. The zero-order chi connectivity index (χ0) is 22.4. The van der Waals surface area contributed by atoms with E-state index in [1.807, 2.05) is 30.3 Å². The van der Waals surface area contributed by atoms with Crippen molar-refractivity contribution in [2.45, 2.75) is 19.2 Å². The van der Waals surface area contributed by atoms with Crippen molar-refractivity contribution in [1.29, 1.82) is 0 Å². The van der Waals surface area contributed by atoms with Gasteiger partial charge in [0.05, 0.1) is 17.5 Å². The van der Waals surface area contributed by atoms with Crippen molar-refractivity contribution in [3.05, 3.63) is 57.2 Å². The van der Waals surface area contributed by atoms with Gasteiger partial charge in [-0.05, 0) is 32.2 Å². The van der Waals surface area contributed by atoms with Crippen molar-refractivity contribution < 1.29 is 23.8 Å². The quantitative estimate of drug-likeness (QED) is 0.464. The van der Waals surface area contributed by atoms with E-state index in [-0.39, 0.29) is 36.1 Å². The maximum absolute atomic E-state index is 12.8. The standard InChI is InChI=1S/C20H22N4O5S2/c1-4-27-18(25)12-14(21)22-17(31-20(12)30-3)13(19(26)28-5-2)16-24-23-15(29-16)11-9-7-6-8-10-11/h6-10,17,24H,4-5H2,1-3H3,(H2,21,22)/b16-13+/t17-/m1/s1. The van der Waals surface area contributed by atoms with Crippen molar-refractivity contribution in [3.63, 3.8) is 0 Å². The highest BCUT2D eigenvalue weighted by molar-refractivity contribution is 8.22. The van der Waals surface area contributed by atoms with Crippen LogP contribution >= 0.6 is 23.5 Å². The molecule has 3 N–H and O–H groups in total. The Balaban J connectivity index is 1.95. The summed E-state index contributed by atoms with van der Waals surface area (Å²) in [7, 11) is 0. The average Bonchev–Trinajstić information content (AvgIpc) is 3.24. The summed E-state index contributed by atoms with van der Waals surface area (Å²) >= 11 is 2.50. The predicted molar refractivity (Wildman–Crippen MR) is 121 cm³/mol. The van der Waals surface area contributed by atoms with Gasteiger partial charge >= 0.3 is 11.9 Å². The topological polar surface area (TPSA) is 125 Å². The molecular formula is C20H22N4O5S2. The fourth-order valence-corrected chi connectivity index (χ4v) is 4.77. The summed E-state index contributed by atoms with van der Waals surface area (Å²) in [5.74, 6) is -0.788. The summed E-state index contributed by atoms with van der Waals surface area (Å²) in [5, 5.41) is 3.37. The number of benzene rings is 1. The fourth-order valence-electron chi connectivity index (χ4n) is 2.72. The molecule has 2 aliphatic rings. The zero-order valence-corrected chi connectivity index (χ0v) is 18.8. The Morgan fingerprint density at radius 2 is 1.94 bits per heavy atom. The molecular weight excluding hydrogens is 440 g/mol. The Kier molecular flexibility index (Phi) is 7.64. The second kappa shape index (κ2) is 10.4. The second-order valence-electron chi connectivity index (χ2n) is 6.03. The van der Waals surface area contributed by atoms with E-state index in [1.54, 1.807) is 20.1 Å². The molecule has 3 rings (SSSR count). The monoisotopic (exact) mass is 462 g/mol. The second-order valence-corrected chi connectivity index (χ2v) is 8.20. The minimum Gasteiger partial charge on any atom is -0.462 e. The molecule has 0 bridgehead atoms. The van der Waals surface area contributed by atoms with Gasteiger partial charge in [-0.1, -0.05) is 30.0 Å². The summed E-state index contributed by atoms with van der Waals surface area (Å²) in [6.07, 6.45) is 1.80. The number of esters is 2. The number of hydrogen-bond acceptors (Lipinski definition) is 11. The first-order valence-electron chi connectivity index (χ1n) is 9.44. The van der Waals surface area contributed by atoms with Gasteiger partial charge in [-0.2, -0.15) is 0 Å². The van der Waals surface area contributed by atoms with Crippen molar-refractivity contribution in [3.8, 4) is 0 Å². The van der Waals surface area contributed by atoms with E-state index < -0.39 is 17.3 Å². The minimum absolute atomic E-state index is 0.0175. The lowest BCUT2D eigenvalue weighted by Crippen LogP contribution is -2.31. The third-order valence-electron chi connectivity index (χ3n) is 4.07. The van der Waals surface area contributed by atoms with E-state index in [2.05, 4.69) is 15.5 Å². The number of aliphatic imine (C=N–C) groups is 1. The molecule has 1 aromatic carbocycles. The van der Waals surface area contributed by atoms with Crippen LogP contribution in [0.25, 0.3) is 0 Å². The van der Waals surface area contributed by atoms with Gasteiger partial charge in [-0.15, -0.1) is 16.9 Å². The van der Waals surface area contributed by atoms with Crippen LogP contribution in [0.3, 0.4) is 0 Å². The van der Waals surface area contributed by atoms with Crippen molar-refractivity contribution >= 4 is 47.2 Å². The molecule has 1 aromatic rings. The Hall–Kier alpha value is -2.92. The van der Waals surface area contributed by atoms with E-state index >= 15 is 0 Å². The Bertz CT molecular complexity index is 989. The number of amidine groups is 1. The number of nitrogens with zero attached hydrogens (tertiary/aromatic N) is 2. The molecule has 0 aliphatic carbocycles. The van der Waals surface area contributed by atoms with E-state index in [1.165, 1.54) is 23.5 Å². The Morgan fingerprint density at radius 3 is 2.58 bits per heavy atom. The summed E-state index contributed by atoms with van der Waals surface area (Å²) in [6.45, 7) is 3.78. The lowest BCUT2D eigenvalue weighted by atomic mass is 10.2. The van der Waals surface area contributed by atoms with E-state index in [0.29, 0.717) is 10.1 Å². The maximum Gasteiger partial charge on any atom is 0.343 e. The molecule has 0 spiro atoms. The number of ether oxygens (including phenoxy) is 3.